The van der Waals surface area contributed by atoms with E-state index in [2.05, 4.69) is 26.0 Å². The summed E-state index contributed by atoms with van der Waals surface area (Å²) >= 11 is 0. The molecule has 3 rings (SSSR count). The van der Waals surface area contributed by atoms with Gasteiger partial charge < -0.3 is 9.47 Å². The second-order valence-corrected chi connectivity index (χ2v) is 6.05. The van der Waals surface area contributed by atoms with Crippen LogP contribution in [0.25, 0.3) is 11.8 Å². The Hall–Kier alpha value is -2.81. The van der Waals surface area contributed by atoms with Crippen LogP contribution in [0, 0.1) is 0 Å². The maximum absolute atomic E-state index is 12.1. The highest BCUT2D eigenvalue weighted by molar-refractivity contribution is 6.05. The number of ether oxygens (including phenoxy) is 2. The summed E-state index contributed by atoms with van der Waals surface area (Å²) in [6.07, 6.45) is 3.59. The van der Waals surface area contributed by atoms with Crippen molar-refractivity contribution in [2.75, 3.05) is 7.11 Å². The molecule has 0 amide bonds. The van der Waals surface area contributed by atoms with Gasteiger partial charge in [-0.15, -0.1) is 0 Å². The van der Waals surface area contributed by atoms with Crippen molar-refractivity contribution in [1.29, 1.82) is 0 Å². The minimum absolute atomic E-state index is 0.333. The zero-order valence-corrected chi connectivity index (χ0v) is 14.1. The average molecular weight is 320 g/mol. The van der Waals surface area contributed by atoms with Gasteiger partial charge in [-0.3, -0.25) is 0 Å². The Kier molecular flexibility index (Phi) is 4.52. The van der Waals surface area contributed by atoms with E-state index in [1.54, 1.807) is 19.3 Å². The van der Waals surface area contributed by atoms with E-state index in [4.69, 9.17) is 9.47 Å². The van der Waals surface area contributed by atoms with Crippen molar-refractivity contribution in [3.63, 3.8) is 0 Å². The Morgan fingerprint density at radius 3 is 2.50 bits per heavy atom. The minimum atomic E-state index is -0.333. The van der Waals surface area contributed by atoms with Crippen LogP contribution in [-0.2, 0) is 9.53 Å². The SMILES string of the molecule is COc1cccc(/C=C2/C=C(c3ccc(C(C)C)cc3)OC2=O)c1. The van der Waals surface area contributed by atoms with Gasteiger partial charge in [-0.05, 0) is 41.3 Å². The average Bonchev–Trinajstić information content (AvgIpc) is 2.96. The van der Waals surface area contributed by atoms with Crippen molar-refractivity contribution in [1.82, 2.24) is 0 Å². The number of hydrogen-bond acceptors (Lipinski definition) is 3. The van der Waals surface area contributed by atoms with Crippen molar-refractivity contribution in [3.05, 3.63) is 76.9 Å². The minimum Gasteiger partial charge on any atom is -0.497 e. The summed E-state index contributed by atoms with van der Waals surface area (Å²) in [5, 5.41) is 0. The molecule has 1 aliphatic rings. The lowest BCUT2D eigenvalue weighted by Crippen LogP contribution is -1.97. The van der Waals surface area contributed by atoms with Gasteiger partial charge in [-0.2, -0.15) is 0 Å². The van der Waals surface area contributed by atoms with Crippen LogP contribution in [0.2, 0.25) is 0 Å². The fourth-order valence-corrected chi connectivity index (χ4v) is 2.57. The molecule has 0 unspecified atom stereocenters. The summed E-state index contributed by atoms with van der Waals surface area (Å²) in [6.45, 7) is 4.30. The first-order valence-electron chi connectivity index (χ1n) is 7.97. The van der Waals surface area contributed by atoms with Crippen LogP contribution < -0.4 is 4.74 Å². The second-order valence-electron chi connectivity index (χ2n) is 6.05. The van der Waals surface area contributed by atoms with Crippen LogP contribution in [-0.4, -0.2) is 13.1 Å². The van der Waals surface area contributed by atoms with Gasteiger partial charge in [-0.25, -0.2) is 4.79 Å². The Labute approximate surface area is 142 Å². The highest BCUT2D eigenvalue weighted by Gasteiger charge is 2.22. The molecule has 0 saturated heterocycles. The predicted molar refractivity (Wildman–Crippen MR) is 95.6 cm³/mol. The number of cyclic esters (lactones) is 1. The van der Waals surface area contributed by atoms with Crippen LogP contribution in [0.5, 0.6) is 5.75 Å². The van der Waals surface area contributed by atoms with Crippen molar-refractivity contribution < 1.29 is 14.3 Å². The number of carbonyl (C=O) groups is 1. The highest BCUT2D eigenvalue weighted by atomic mass is 16.5. The van der Waals surface area contributed by atoms with Gasteiger partial charge in [0.15, 0.2) is 0 Å². The summed E-state index contributed by atoms with van der Waals surface area (Å²) in [4.78, 5) is 12.1. The molecule has 0 radical (unpaired) electrons. The number of hydrogen-bond donors (Lipinski definition) is 0. The summed E-state index contributed by atoms with van der Waals surface area (Å²) in [5.41, 5.74) is 3.60. The van der Waals surface area contributed by atoms with E-state index < -0.39 is 0 Å². The largest absolute Gasteiger partial charge is 0.497 e. The second kappa shape index (κ2) is 6.75. The molecule has 2 aromatic rings. The molecular formula is C21H20O3. The van der Waals surface area contributed by atoms with E-state index in [0.29, 0.717) is 17.3 Å². The van der Waals surface area contributed by atoms with Gasteiger partial charge in [0.25, 0.3) is 0 Å². The first kappa shape index (κ1) is 16.1. The molecule has 0 aliphatic carbocycles. The van der Waals surface area contributed by atoms with E-state index in [1.807, 2.05) is 36.4 Å². The lowest BCUT2D eigenvalue weighted by molar-refractivity contribution is -0.130. The molecule has 2 aromatic carbocycles. The van der Waals surface area contributed by atoms with Gasteiger partial charge >= 0.3 is 5.97 Å². The van der Waals surface area contributed by atoms with Gasteiger partial charge in [-0.1, -0.05) is 50.2 Å². The molecule has 3 heteroatoms. The van der Waals surface area contributed by atoms with E-state index in [9.17, 15) is 4.79 Å². The molecule has 1 aliphatic heterocycles. The number of rotatable bonds is 4. The maximum Gasteiger partial charge on any atom is 0.343 e. The summed E-state index contributed by atoms with van der Waals surface area (Å²) < 4.78 is 10.6. The first-order chi connectivity index (χ1) is 11.6. The third-order valence-electron chi connectivity index (χ3n) is 4.00. The number of carbonyl (C=O) groups excluding carboxylic acids is 1. The van der Waals surface area contributed by atoms with E-state index in [0.717, 1.165) is 16.9 Å². The predicted octanol–water partition coefficient (Wildman–Crippen LogP) is 4.80. The number of benzene rings is 2. The Morgan fingerprint density at radius 1 is 1.08 bits per heavy atom. The molecular weight excluding hydrogens is 300 g/mol. The summed E-state index contributed by atoms with van der Waals surface area (Å²) in [7, 11) is 1.62. The number of methoxy groups -OCH3 is 1. The van der Waals surface area contributed by atoms with Crippen LogP contribution in [0.1, 0.15) is 36.5 Å². The van der Waals surface area contributed by atoms with Crippen molar-refractivity contribution >= 4 is 17.8 Å². The zero-order chi connectivity index (χ0) is 17.1. The molecule has 0 fully saturated rings. The van der Waals surface area contributed by atoms with Crippen molar-refractivity contribution in [3.8, 4) is 5.75 Å². The normalized spacial score (nSPS) is 15.6. The topological polar surface area (TPSA) is 35.5 Å². The molecule has 3 nitrogen and oxygen atoms in total. The molecule has 1 heterocycles. The Morgan fingerprint density at radius 2 is 1.83 bits per heavy atom. The number of esters is 1. The Balaban J connectivity index is 1.88. The maximum atomic E-state index is 12.1. The van der Waals surface area contributed by atoms with Gasteiger partial charge in [0, 0.05) is 5.56 Å². The van der Waals surface area contributed by atoms with E-state index >= 15 is 0 Å². The van der Waals surface area contributed by atoms with E-state index in [1.165, 1.54) is 5.56 Å². The molecule has 0 atom stereocenters. The van der Waals surface area contributed by atoms with Crippen molar-refractivity contribution in [2.45, 2.75) is 19.8 Å². The Bertz CT molecular complexity index is 811. The standard InChI is InChI=1S/C21H20O3/c1-14(2)16-7-9-17(10-8-16)20-13-18(21(22)24-20)11-15-5-4-6-19(12-15)23-3/h4-14H,1-3H3/b18-11-. The summed E-state index contributed by atoms with van der Waals surface area (Å²) in [6, 6.07) is 15.7. The quantitative estimate of drug-likeness (QED) is 0.599. The molecule has 0 bridgehead atoms. The molecule has 0 N–H and O–H groups in total. The molecule has 0 saturated carbocycles. The molecule has 24 heavy (non-hydrogen) atoms. The third kappa shape index (κ3) is 3.40. The van der Waals surface area contributed by atoms with Crippen LogP contribution in [0.3, 0.4) is 0 Å². The van der Waals surface area contributed by atoms with Crippen LogP contribution in [0.15, 0.2) is 60.2 Å². The molecule has 122 valence electrons. The lowest BCUT2D eigenvalue weighted by Gasteiger charge is -2.06. The van der Waals surface area contributed by atoms with Gasteiger partial charge in [0.05, 0.1) is 12.7 Å². The highest BCUT2D eigenvalue weighted by Crippen LogP contribution is 2.29. The smallest absolute Gasteiger partial charge is 0.343 e. The fourth-order valence-electron chi connectivity index (χ4n) is 2.57. The van der Waals surface area contributed by atoms with Gasteiger partial charge in [0.1, 0.15) is 11.5 Å². The molecule has 0 aromatic heterocycles. The first-order valence-corrected chi connectivity index (χ1v) is 7.97. The van der Waals surface area contributed by atoms with E-state index in [-0.39, 0.29) is 5.97 Å². The third-order valence-corrected chi connectivity index (χ3v) is 4.00. The van der Waals surface area contributed by atoms with Gasteiger partial charge in [0.2, 0.25) is 0 Å². The fraction of sp³-hybridized carbons (Fsp3) is 0.190. The zero-order valence-electron chi connectivity index (χ0n) is 14.1. The van der Waals surface area contributed by atoms with Crippen molar-refractivity contribution in [2.24, 2.45) is 0 Å². The lowest BCUT2D eigenvalue weighted by atomic mass is 10.0. The summed E-state index contributed by atoms with van der Waals surface area (Å²) in [5.74, 6) is 1.48. The van der Waals surface area contributed by atoms with Crippen LogP contribution >= 0.6 is 0 Å². The van der Waals surface area contributed by atoms with Crippen LogP contribution in [0.4, 0.5) is 0 Å². The monoisotopic (exact) mass is 320 g/mol. The molecule has 0 spiro atoms.